The lowest BCUT2D eigenvalue weighted by molar-refractivity contribution is -0.153. The molecule has 4 aliphatic rings. The molecular weight excluding hydrogens is 460 g/mol. The summed E-state index contributed by atoms with van der Waals surface area (Å²) < 4.78 is 12.0. The summed E-state index contributed by atoms with van der Waals surface area (Å²) in [6, 6.07) is 7.14. The molecule has 202 valence electrons. The summed E-state index contributed by atoms with van der Waals surface area (Å²) >= 11 is 0. The zero-order chi connectivity index (χ0) is 26.7. The predicted molar refractivity (Wildman–Crippen MR) is 139 cm³/mol. The minimum absolute atomic E-state index is 0.0761. The van der Waals surface area contributed by atoms with Gasteiger partial charge in [0.1, 0.15) is 0 Å². The zero-order valence-electron chi connectivity index (χ0n) is 22.3. The Hall–Kier alpha value is -2.45. The van der Waals surface area contributed by atoms with Gasteiger partial charge in [0.2, 0.25) is 11.8 Å². The lowest BCUT2D eigenvalue weighted by Gasteiger charge is -2.46. The summed E-state index contributed by atoms with van der Waals surface area (Å²) in [7, 11) is 0. The van der Waals surface area contributed by atoms with Gasteiger partial charge in [0.05, 0.1) is 37.4 Å². The second-order valence-corrected chi connectivity index (χ2v) is 10.0. The smallest absolute Gasteiger partial charge is 0.335 e. The number of carboxylic acids is 1. The maximum absolute atomic E-state index is 12.7. The number of hydrogen-bond donors (Lipinski definition) is 2. The monoisotopic (exact) mass is 504 g/mol. The maximum Gasteiger partial charge on any atom is 0.335 e. The Kier molecular flexibility index (Phi) is 11.9. The van der Waals surface area contributed by atoms with Crippen molar-refractivity contribution in [3.8, 4) is 0 Å². The van der Waals surface area contributed by atoms with Crippen LogP contribution in [0.3, 0.4) is 0 Å². The number of carbonyl (C=O) groups is 3. The molecule has 1 aromatic rings. The third-order valence-corrected chi connectivity index (χ3v) is 7.23. The highest BCUT2D eigenvalue weighted by molar-refractivity contribution is 5.87. The summed E-state index contributed by atoms with van der Waals surface area (Å²) in [5, 5.41) is 9.04. The fourth-order valence-corrected chi connectivity index (χ4v) is 5.11. The van der Waals surface area contributed by atoms with Crippen LogP contribution in [-0.4, -0.2) is 66.3 Å². The quantitative estimate of drug-likeness (QED) is 0.569. The van der Waals surface area contributed by atoms with Crippen LogP contribution in [0.2, 0.25) is 0 Å². The van der Waals surface area contributed by atoms with Crippen molar-refractivity contribution in [3.63, 3.8) is 0 Å². The first-order valence-electron chi connectivity index (χ1n) is 13.3. The van der Waals surface area contributed by atoms with Crippen LogP contribution in [0.4, 0.5) is 0 Å². The number of hydrogen-bond acceptors (Lipinski definition) is 5. The SMILES string of the molecule is CC.CC(CC(=O)N1CCC(c2ccc(C(=O)O)cc2)CC1)OCC12CCC(CC1)OC2.CC(N)=O. The number of ether oxygens (including phenoxy) is 2. The Morgan fingerprint density at radius 2 is 1.67 bits per heavy atom. The molecule has 2 amide bonds. The molecule has 8 heteroatoms. The van der Waals surface area contributed by atoms with Crippen molar-refractivity contribution in [2.24, 2.45) is 11.1 Å². The molecule has 3 saturated heterocycles. The normalized spacial score (nSPS) is 24.0. The molecule has 1 atom stereocenters. The van der Waals surface area contributed by atoms with E-state index in [9.17, 15) is 14.4 Å². The van der Waals surface area contributed by atoms with E-state index in [1.165, 1.54) is 19.8 Å². The fourth-order valence-electron chi connectivity index (χ4n) is 5.11. The third kappa shape index (κ3) is 8.89. The van der Waals surface area contributed by atoms with Crippen LogP contribution < -0.4 is 5.73 Å². The summed E-state index contributed by atoms with van der Waals surface area (Å²) in [4.78, 5) is 34.9. The number of rotatable bonds is 7. The van der Waals surface area contributed by atoms with Crippen molar-refractivity contribution in [1.29, 1.82) is 0 Å². The van der Waals surface area contributed by atoms with Gasteiger partial charge in [-0.2, -0.15) is 0 Å². The molecule has 8 nitrogen and oxygen atoms in total. The van der Waals surface area contributed by atoms with Crippen molar-refractivity contribution in [1.82, 2.24) is 4.90 Å². The van der Waals surface area contributed by atoms with E-state index in [1.807, 2.05) is 37.8 Å². The van der Waals surface area contributed by atoms with Gasteiger partial charge in [0, 0.05) is 25.4 Å². The van der Waals surface area contributed by atoms with Gasteiger partial charge in [0.15, 0.2) is 0 Å². The lowest BCUT2D eigenvalue weighted by Crippen LogP contribution is -2.46. The van der Waals surface area contributed by atoms with Crippen LogP contribution in [0, 0.1) is 5.41 Å². The number of nitrogens with zero attached hydrogens (tertiary/aromatic N) is 1. The molecule has 5 rings (SSSR count). The van der Waals surface area contributed by atoms with Gasteiger partial charge in [-0.25, -0.2) is 4.79 Å². The van der Waals surface area contributed by atoms with Gasteiger partial charge >= 0.3 is 5.97 Å². The van der Waals surface area contributed by atoms with E-state index in [1.54, 1.807) is 12.1 Å². The maximum atomic E-state index is 12.7. The molecule has 4 fully saturated rings. The first-order chi connectivity index (χ1) is 17.2. The molecule has 1 unspecified atom stereocenters. The molecule has 2 bridgehead atoms. The Labute approximate surface area is 215 Å². The summed E-state index contributed by atoms with van der Waals surface area (Å²) in [6.07, 6.45) is 7.28. The molecule has 36 heavy (non-hydrogen) atoms. The highest BCUT2D eigenvalue weighted by atomic mass is 16.5. The third-order valence-electron chi connectivity index (χ3n) is 7.23. The molecule has 1 aliphatic carbocycles. The van der Waals surface area contributed by atoms with Crippen molar-refractivity contribution in [2.45, 2.75) is 90.8 Å². The van der Waals surface area contributed by atoms with E-state index in [2.05, 4.69) is 5.73 Å². The van der Waals surface area contributed by atoms with Gasteiger partial charge in [-0.05, 0) is 69.1 Å². The van der Waals surface area contributed by atoms with Crippen LogP contribution in [0.25, 0.3) is 0 Å². The highest BCUT2D eigenvalue weighted by Gasteiger charge is 2.41. The van der Waals surface area contributed by atoms with Crippen LogP contribution >= 0.6 is 0 Å². The number of primary amides is 1. The molecular formula is C28H44N2O6. The van der Waals surface area contributed by atoms with E-state index in [4.69, 9.17) is 14.6 Å². The van der Waals surface area contributed by atoms with E-state index < -0.39 is 5.97 Å². The van der Waals surface area contributed by atoms with Crippen LogP contribution in [-0.2, 0) is 19.1 Å². The van der Waals surface area contributed by atoms with Crippen molar-refractivity contribution in [2.75, 3.05) is 26.3 Å². The topological polar surface area (TPSA) is 119 Å². The van der Waals surface area contributed by atoms with Gasteiger partial charge in [0.25, 0.3) is 0 Å². The van der Waals surface area contributed by atoms with Crippen LogP contribution in [0.5, 0.6) is 0 Å². The predicted octanol–water partition coefficient (Wildman–Crippen LogP) is 4.36. The lowest BCUT2D eigenvalue weighted by atomic mass is 9.72. The molecule has 0 radical (unpaired) electrons. The average Bonchev–Trinajstić information content (AvgIpc) is 2.90. The largest absolute Gasteiger partial charge is 0.478 e. The second-order valence-electron chi connectivity index (χ2n) is 10.0. The molecule has 1 saturated carbocycles. The van der Waals surface area contributed by atoms with E-state index in [0.717, 1.165) is 50.9 Å². The molecule has 3 aliphatic heterocycles. The van der Waals surface area contributed by atoms with E-state index in [0.29, 0.717) is 30.6 Å². The minimum atomic E-state index is -0.901. The summed E-state index contributed by atoms with van der Waals surface area (Å²) in [5.41, 5.74) is 6.11. The van der Waals surface area contributed by atoms with Crippen molar-refractivity contribution >= 4 is 17.8 Å². The fraction of sp³-hybridized carbons (Fsp3) is 0.679. The van der Waals surface area contributed by atoms with E-state index >= 15 is 0 Å². The van der Waals surface area contributed by atoms with E-state index in [-0.39, 0.29) is 23.3 Å². The molecule has 0 aromatic heterocycles. The van der Waals surface area contributed by atoms with Crippen molar-refractivity contribution < 1.29 is 29.0 Å². The molecule has 1 aromatic carbocycles. The second kappa shape index (κ2) is 14.3. The van der Waals surface area contributed by atoms with Crippen LogP contribution in [0.15, 0.2) is 24.3 Å². The number of aromatic carboxylic acids is 1. The number of carboxylic acid groups (broad SMARTS) is 1. The Balaban J connectivity index is 0.000000694. The Morgan fingerprint density at radius 1 is 1.11 bits per heavy atom. The molecule has 3 heterocycles. The number of nitrogens with two attached hydrogens (primary N) is 1. The minimum Gasteiger partial charge on any atom is -0.478 e. The van der Waals surface area contributed by atoms with Gasteiger partial charge in [-0.1, -0.05) is 26.0 Å². The number of fused-ring (bicyclic) bond motifs is 3. The number of piperidine rings is 1. The Bertz CT molecular complexity index is 822. The summed E-state index contributed by atoms with van der Waals surface area (Å²) in [5.74, 6) is -0.684. The highest BCUT2D eigenvalue weighted by Crippen LogP contribution is 2.43. The number of carbonyl (C=O) groups excluding carboxylic acids is 2. The van der Waals surface area contributed by atoms with Gasteiger partial charge in [-0.15, -0.1) is 0 Å². The van der Waals surface area contributed by atoms with Crippen LogP contribution in [0.1, 0.15) is 94.5 Å². The number of benzene rings is 1. The number of amides is 2. The average molecular weight is 505 g/mol. The van der Waals surface area contributed by atoms with Crippen molar-refractivity contribution in [3.05, 3.63) is 35.4 Å². The molecule has 0 spiro atoms. The standard InChI is InChI=1S/C24H33NO5.C2H5NO.C2H6/c1-17(29-15-24-10-6-21(7-11-24)30-16-24)14-22(26)25-12-8-19(9-13-25)18-2-4-20(5-3-18)23(27)28;1-2(3)4;1-2/h2-5,17,19,21H,6-16H2,1H3,(H,27,28);1H3,(H2,3,4);1-2H3. The molecule has 3 N–H and O–H groups in total. The first kappa shape index (κ1) is 29.8. The first-order valence-corrected chi connectivity index (χ1v) is 13.3. The van der Waals surface area contributed by atoms with Gasteiger partial charge < -0.3 is 25.2 Å². The number of likely N-dealkylation sites (tertiary alicyclic amines) is 1. The summed E-state index contributed by atoms with van der Waals surface area (Å²) in [6.45, 7) is 10.3. The van der Waals surface area contributed by atoms with Gasteiger partial charge in [-0.3, -0.25) is 9.59 Å². The zero-order valence-corrected chi connectivity index (χ0v) is 22.3. The Morgan fingerprint density at radius 3 is 2.14 bits per heavy atom.